The molecule has 0 saturated carbocycles. The van der Waals surface area contributed by atoms with Gasteiger partial charge in [-0.25, -0.2) is 0 Å². The Hall–Kier alpha value is -1.33. The molecular weight excluding hydrogens is 258 g/mol. The van der Waals surface area contributed by atoms with Crippen LogP contribution in [-0.4, -0.2) is 25.4 Å². The maximum Gasteiger partial charge on any atom is 0.111 e. The van der Waals surface area contributed by atoms with Crippen LogP contribution in [0.15, 0.2) is 35.4 Å². The minimum Gasteiger partial charge on any atom is -0.387 e. The molecule has 1 aliphatic heterocycles. The van der Waals surface area contributed by atoms with Gasteiger partial charge in [0.15, 0.2) is 0 Å². The monoisotopic (exact) mass is 275 g/mol. The SMILES string of the molecule is CCC(O)c1cn(CC2Cc3ccccc3S2)nn1. The number of rotatable bonds is 4. The summed E-state index contributed by atoms with van der Waals surface area (Å²) in [6.07, 6.45) is 3.11. The largest absolute Gasteiger partial charge is 0.387 e. The Morgan fingerprint density at radius 1 is 1.47 bits per heavy atom. The third-order valence-corrected chi connectivity index (χ3v) is 4.69. The van der Waals surface area contributed by atoms with Crippen molar-refractivity contribution in [3.8, 4) is 0 Å². The molecule has 1 aromatic heterocycles. The number of fused-ring (bicyclic) bond motifs is 1. The molecule has 0 spiro atoms. The minimum absolute atomic E-state index is 0.498. The maximum absolute atomic E-state index is 9.72. The van der Waals surface area contributed by atoms with Gasteiger partial charge in [-0.3, -0.25) is 4.68 Å². The Morgan fingerprint density at radius 2 is 2.32 bits per heavy atom. The number of hydrogen-bond acceptors (Lipinski definition) is 4. The first-order chi connectivity index (χ1) is 9.26. The molecule has 0 aliphatic carbocycles. The highest BCUT2D eigenvalue weighted by atomic mass is 32.2. The van der Waals surface area contributed by atoms with Crippen LogP contribution >= 0.6 is 11.8 Å². The van der Waals surface area contributed by atoms with Crippen LogP contribution in [0, 0.1) is 0 Å². The van der Waals surface area contributed by atoms with Crippen molar-refractivity contribution in [2.75, 3.05) is 0 Å². The molecule has 1 aromatic carbocycles. The second-order valence-corrected chi connectivity index (χ2v) is 6.18. The average Bonchev–Trinajstić information content (AvgIpc) is 3.04. The van der Waals surface area contributed by atoms with Gasteiger partial charge in [-0.1, -0.05) is 30.3 Å². The number of aromatic nitrogens is 3. The first kappa shape index (κ1) is 12.7. The molecule has 1 aliphatic rings. The molecule has 100 valence electrons. The van der Waals surface area contributed by atoms with Crippen LogP contribution in [0.1, 0.15) is 30.7 Å². The first-order valence-corrected chi connectivity index (χ1v) is 7.47. The highest BCUT2D eigenvalue weighted by Gasteiger charge is 2.22. The molecule has 19 heavy (non-hydrogen) atoms. The molecule has 5 heteroatoms. The summed E-state index contributed by atoms with van der Waals surface area (Å²) in [6.45, 7) is 2.77. The lowest BCUT2D eigenvalue weighted by Gasteiger charge is -2.07. The Bertz CT molecular complexity index is 544. The van der Waals surface area contributed by atoms with Crippen molar-refractivity contribution < 1.29 is 5.11 Å². The number of hydrogen-bond donors (Lipinski definition) is 1. The lowest BCUT2D eigenvalue weighted by molar-refractivity contribution is 0.168. The van der Waals surface area contributed by atoms with Gasteiger partial charge in [-0.15, -0.1) is 16.9 Å². The molecule has 0 amide bonds. The van der Waals surface area contributed by atoms with Crippen molar-refractivity contribution in [1.29, 1.82) is 0 Å². The fourth-order valence-electron chi connectivity index (χ4n) is 2.33. The van der Waals surface area contributed by atoms with Gasteiger partial charge in [-0.2, -0.15) is 0 Å². The van der Waals surface area contributed by atoms with Gasteiger partial charge in [-0.05, 0) is 24.5 Å². The van der Waals surface area contributed by atoms with Crippen molar-refractivity contribution in [3.05, 3.63) is 41.7 Å². The molecule has 4 nitrogen and oxygen atoms in total. The molecule has 0 bridgehead atoms. The summed E-state index contributed by atoms with van der Waals surface area (Å²) < 4.78 is 1.84. The van der Waals surface area contributed by atoms with E-state index in [1.54, 1.807) is 0 Å². The summed E-state index contributed by atoms with van der Waals surface area (Å²) >= 11 is 1.90. The molecule has 0 radical (unpaired) electrons. The number of benzene rings is 1. The zero-order valence-electron chi connectivity index (χ0n) is 10.9. The highest BCUT2D eigenvalue weighted by molar-refractivity contribution is 8.00. The van der Waals surface area contributed by atoms with Crippen LogP contribution in [0.4, 0.5) is 0 Å². The third kappa shape index (κ3) is 2.67. The van der Waals surface area contributed by atoms with Gasteiger partial charge < -0.3 is 5.11 Å². The second kappa shape index (κ2) is 5.35. The van der Waals surface area contributed by atoms with Crippen molar-refractivity contribution >= 4 is 11.8 Å². The van der Waals surface area contributed by atoms with Crippen LogP contribution in [0.5, 0.6) is 0 Å². The summed E-state index contributed by atoms with van der Waals surface area (Å²) in [6, 6.07) is 8.54. The quantitative estimate of drug-likeness (QED) is 0.931. The molecular formula is C14H17N3OS. The van der Waals surface area contributed by atoms with Gasteiger partial charge in [0.05, 0.1) is 18.8 Å². The van der Waals surface area contributed by atoms with Crippen molar-refractivity contribution in [2.45, 2.75) is 42.6 Å². The van der Waals surface area contributed by atoms with E-state index in [1.165, 1.54) is 10.5 Å². The van der Waals surface area contributed by atoms with Crippen molar-refractivity contribution in [3.63, 3.8) is 0 Å². The number of aliphatic hydroxyl groups is 1. The number of thioether (sulfide) groups is 1. The summed E-state index contributed by atoms with van der Waals surface area (Å²) in [5.41, 5.74) is 2.09. The molecule has 1 N–H and O–H groups in total. The molecule has 2 heterocycles. The van der Waals surface area contributed by atoms with Gasteiger partial charge in [0, 0.05) is 10.1 Å². The lowest BCUT2D eigenvalue weighted by Crippen LogP contribution is -2.12. The Kier molecular flexibility index (Phi) is 3.57. The van der Waals surface area contributed by atoms with E-state index in [9.17, 15) is 5.11 Å². The van der Waals surface area contributed by atoms with Crippen molar-refractivity contribution in [2.24, 2.45) is 0 Å². The third-order valence-electron chi connectivity index (χ3n) is 3.39. The van der Waals surface area contributed by atoms with Crippen LogP contribution in [0.2, 0.25) is 0 Å². The Balaban J connectivity index is 1.66. The fourth-order valence-corrected chi connectivity index (χ4v) is 3.64. The van der Waals surface area contributed by atoms with Crippen LogP contribution in [0.25, 0.3) is 0 Å². The van der Waals surface area contributed by atoms with E-state index in [0.717, 1.165) is 13.0 Å². The van der Waals surface area contributed by atoms with Gasteiger partial charge >= 0.3 is 0 Å². The number of nitrogens with zero attached hydrogens (tertiary/aromatic N) is 3. The summed E-state index contributed by atoms with van der Waals surface area (Å²) in [7, 11) is 0. The van der Waals surface area contributed by atoms with E-state index in [1.807, 2.05) is 29.6 Å². The maximum atomic E-state index is 9.72. The van der Waals surface area contributed by atoms with Gasteiger partial charge in [0.2, 0.25) is 0 Å². The Labute approximate surface area is 116 Å². The van der Waals surface area contributed by atoms with Crippen LogP contribution < -0.4 is 0 Å². The number of aliphatic hydroxyl groups excluding tert-OH is 1. The van der Waals surface area contributed by atoms with Crippen molar-refractivity contribution in [1.82, 2.24) is 15.0 Å². The molecule has 0 fully saturated rings. The molecule has 0 saturated heterocycles. The fraction of sp³-hybridized carbons (Fsp3) is 0.429. The standard InChI is InChI=1S/C14H17N3OS/c1-2-13(18)12-9-17(16-15-12)8-11-7-10-5-3-4-6-14(10)19-11/h3-6,9,11,13,18H,2,7-8H2,1H3. The van der Waals surface area contributed by atoms with E-state index in [0.29, 0.717) is 17.4 Å². The lowest BCUT2D eigenvalue weighted by atomic mass is 10.1. The topological polar surface area (TPSA) is 50.9 Å². The summed E-state index contributed by atoms with van der Waals surface area (Å²) in [5, 5.41) is 18.4. The highest BCUT2D eigenvalue weighted by Crippen LogP contribution is 2.37. The Morgan fingerprint density at radius 3 is 3.11 bits per heavy atom. The smallest absolute Gasteiger partial charge is 0.111 e. The molecule has 2 aromatic rings. The molecule has 3 rings (SSSR count). The molecule has 2 atom stereocenters. The summed E-state index contributed by atoms with van der Waals surface area (Å²) in [5.74, 6) is 0. The predicted octanol–water partition coefficient (Wildman–Crippen LogP) is 2.44. The summed E-state index contributed by atoms with van der Waals surface area (Å²) in [4.78, 5) is 1.38. The van der Waals surface area contributed by atoms with Gasteiger partial charge in [0.25, 0.3) is 0 Å². The van der Waals surface area contributed by atoms with Crippen LogP contribution in [-0.2, 0) is 13.0 Å². The predicted molar refractivity (Wildman–Crippen MR) is 75.1 cm³/mol. The molecule has 2 unspecified atom stereocenters. The minimum atomic E-state index is -0.498. The first-order valence-electron chi connectivity index (χ1n) is 6.59. The van der Waals surface area contributed by atoms with E-state index in [4.69, 9.17) is 0 Å². The van der Waals surface area contributed by atoms with E-state index in [-0.39, 0.29) is 0 Å². The van der Waals surface area contributed by atoms with E-state index < -0.39 is 6.10 Å². The zero-order chi connectivity index (χ0) is 13.2. The van der Waals surface area contributed by atoms with E-state index >= 15 is 0 Å². The van der Waals surface area contributed by atoms with E-state index in [2.05, 4.69) is 34.6 Å². The van der Waals surface area contributed by atoms with Gasteiger partial charge in [0.1, 0.15) is 5.69 Å². The second-order valence-electron chi connectivity index (χ2n) is 4.84. The average molecular weight is 275 g/mol. The normalized spacial score (nSPS) is 19.4. The zero-order valence-corrected chi connectivity index (χ0v) is 11.7. The van der Waals surface area contributed by atoms with Crippen LogP contribution in [0.3, 0.4) is 0 Å².